The predicted octanol–water partition coefficient (Wildman–Crippen LogP) is -0.397. The van der Waals surface area contributed by atoms with Crippen molar-refractivity contribution in [2.75, 3.05) is 26.7 Å². The summed E-state index contributed by atoms with van der Waals surface area (Å²) in [4.78, 5) is 63.6. The summed E-state index contributed by atoms with van der Waals surface area (Å²) in [6, 6.07) is 9.45. The van der Waals surface area contributed by atoms with E-state index in [-0.39, 0.29) is 18.2 Å². The number of hydrogen-bond donors (Lipinski definition) is 2. The Morgan fingerprint density at radius 3 is 2.05 bits per heavy atom. The predicted molar refractivity (Wildman–Crippen MR) is 129 cm³/mol. The molecule has 1 fully saturated rings. The lowest BCUT2D eigenvalue weighted by atomic mass is 9.86. The van der Waals surface area contributed by atoms with E-state index in [0.717, 1.165) is 5.56 Å². The highest BCUT2D eigenvalue weighted by Gasteiger charge is 2.50. The quantitative estimate of drug-likeness (QED) is 0.240. The monoisotopic (exact) mass is 536 g/mol. The normalized spacial score (nSPS) is 14.6. The largest absolute Gasteiger partial charge is 0.473 e. The second kappa shape index (κ2) is 14.0. The first-order valence-electron chi connectivity index (χ1n) is 11.8. The fourth-order valence-corrected chi connectivity index (χ4v) is 3.94. The van der Waals surface area contributed by atoms with E-state index < -0.39 is 23.4 Å². The average molecular weight is 537 g/mol. The van der Waals surface area contributed by atoms with Gasteiger partial charge >= 0.3 is 23.6 Å². The van der Waals surface area contributed by atoms with E-state index in [9.17, 15) is 14.4 Å². The maximum Gasteiger partial charge on any atom is 0.414 e. The van der Waals surface area contributed by atoms with Crippen LogP contribution in [0.2, 0.25) is 0 Å². The Hall–Kier alpha value is -4.11. The van der Waals surface area contributed by atoms with Gasteiger partial charge in [0.15, 0.2) is 5.54 Å². The van der Waals surface area contributed by atoms with E-state index in [1.54, 1.807) is 0 Å². The molecule has 15 nitrogen and oxygen atoms in total. The number of aromatic nitrogens is 4. The van der Waals surface area contributed by atoms with Crippen LogP contribution in [0.1, 0.15) is 32.3 Å². The Morgan fingerprint density at radius 2 is 1.58 bits per heavy atom. The van der Waals surface area contributed by atoms with Gasteiger partial charge in [-0.05, 0) is 35.8 Å². The smallest absolute Gasteiger partial charge is 0.414 e. The van der Waals surface area contributed by atoms with Gasteiger partial charge in [-0.1, -0.05) is 30.3 Å². The van der Waals surface area contributed by atoms with Gasteiger partial charge in [-0.3, -0.25) is 9.63 Å². The second-order valence-electron chi connectivity index (χ2n) is 8.35. The molecule has 0 saturated carbocycles. The summed E-state index contributed by atoms with van der Waals surface area (Å²) in [5, 5.41) is 23.7. The third-order valence-corrected chi connectivity index (χ3v) is 5.93. The molecular weight excluding hydrogens is 504 g/mol. The number of carboxylic acids is 2. The molecule has 1 aliphatic rings. The van der Waals surface area contributed by atoms with Gasteiger partial charge in [-0.15, -0.1) is 0 Å². The second-order valence-corrected chi connectivity index (χ2v) is 8.35. The molecule has 0 atom stereocenters. The summed E-state index contributed by atoms with van der Waals surface area (Å²) in [5.74, 6) is -4.50. The van der Waals surface area contributed by atoms with Crippen LogP contribution in [-0.4, -0.2) is 96.1 Å². The summed E-state index contributed by atoms with van der Waals surface area (Å²) in [7, 11) is 1.31. The zero-order valence-corrected chi connectivity index (χ0v) is 21.5. The molecule has 15 heteroatoms. The number of carbonyl (C=O) groups excluding carboxylic acids is 2. The van der Waals surface area contributed by atoms with E-state index in [1.165, 1.54) is 28.5 Å². The molecule has 3 rings (SSSR count). The Kier molecular flexibility index (Phi) is 11.1. The zero-order chi connectivity index (χ0) is 28.3. The van der Waals surface area contributed by atoms with Crippen LogP contribution in [0.25, 0.3) is 0 Å². The first kappa shape index (κ1) is 30.1. The van der Waals surface area contributed by atoms with Gasteiger partial charge in [0.05, 0.1) is 13.7 Å². The highest BCUT2D eigenvalue weighted by molar-refractivity contribution is 6.27. The summed E-state index contributed by atoms with van der Waals surface area (Å²) in [6.07, 6.45) is 0.704. The Bertz CT molecular complexity index is 1140. The van der Waals surface area contributed by atoms with Gasteiger partial charge in [0.2, 0.25) is 5.91 Å². The number of amides is 1. The van der Waals surface area contributed by atoms with E-state index in [1.807, 2.05) is 37.3 Å². The van der Waals surface area contributed by atoms with Crippen LogP contribution >= 0.6 is 0 Å². The third-order valence-electron chi connectivity index (χ3n) is 5.93. The standard InChI is InChI=1S/C21H30N6O5.C2H2O4/c1-4-25-20(30)26(23-22-25)15-14-24-12-10-21(11-13-24,19(29)31-3)27(17(2)28)32-16-18-8-6-5-7-9-18;3-1(4)2(5)6/h5-9H,4,10-16H2,1-3H3;(H,3,4)(H,5,6). The number of methoxy groups -OCH3 is 1. The molecule has 2 aromatic rings. The highest BCUT2D eigenvalue weighted by Crippen LogP contribution is 2.31. The van der Waals surface area contributed by atoms with Crippen molar-refractivity contribution >= 4 is 23.8 Å². The first-order chi connectivity index (χ1) is 18.0. The molecule has 208 valence electrons. The Labute approximate surface area is 218 Å². The maximum absolute atomic E-state index is 12.8. The molecule has 0 unspecified atom stereocenters. The summed E-state index contributed by atoms with van der Waals surface area (Å²) in [5.41, 5.74) is -0.555. The van der Waals surface area contributed by atoms with Crippen molar-refractivity contribution in [3.8, 4) is 0 Å². The molecule has 1 aromatic heterocycles. The minimum absolute atomic E-state index is 0.166. The van der Waals surface area contributed by atoms with Crippen molar-refractivity contribution in [3.05, 3.63) is 46.4 Å². The van der Waals surface area contributed by atoms with Crippen molar-refractivity contribution in [1.82, 2.24) is 29.8 Å². The lowest BCUT2D eigenvalue weighted by Crippen LogP contribution is -2.61. The SMILES string of the molecule is CCn1nnn(CCN2CCC(C(=O)OC)(N(OCc3ccccc3)C(C)=O)CC2)c1=O.O=C(O)C(=O)O. The number of likely N-dealkylation sites (tertiary alicyclic amines) is 1. The fraction of sp³-hybridized carbons (Fsp3) is 0.522. The molecule has 1 saturated heterocycles. The van der Waals surface area contributed by atoms with Crippen molar-refractivity contribution in [1.29, 1.82) is 0 Å². The minimum atomic E-state index is -1.82. The Morgan fingerprint density at radius 1 is 1.00 bits per heavy atom. The van der Waals surface area contributed by atoms with Crippen LogP contribution in [0.5, 0.6) is 0 Å². The molecule has 2 N–H and O–H groups in total. The average Bonchev–Trinajstić information content (AvgIpc) is 3.27. The number of esters is 1. The molecule has 1 amide bonds. The van der Waals surface area contributed by atoms with Crippen molar-refractivity contribution in [3.63, 3.8) is 0 Å². The van der Waals surface area contributed by atoms with Gasteiger partial charge in [0, 0.05) is 33.1 Å². The molecule has 0 radical (unpaired) electrons. The molecule has 0 spiro atoms. The topological polar surface area (TPSA) is 186 Å². The first-order valence-corrected chi connectivity index (χ1v) is 11.8. The van der Waals surface area contributed by atoms with E-state index in [4.69, 9.17) is 29.4 Å². The van der Waals surface area contributed by atoms with Gasteiger partial charge in [-0.2, -0.15) is 9.36 Å². The number of ether oxygens (including phenoxy) is 1. The molecule has 0 bridgehead atoms. The molecule has 2 heterocycles. The molecule has 1 aliphatic heterocycles. The van der Waals surface area contributed by atoms with Gasteiger partial charge in [0.1, 0.15) is 6.61 Å². The van der Waals surface area contributed by atoms with Gasteiger partial charge in [0.25, 0.3) is 0 Å². The van der Waals surface area contributed by atoms with Gasteiger partial charge < -0.3 is 19.8 Å². The fourth-order valence-electron chi connectivity index (χ4n) is 3.94. The summed E-state index contributed by atoms with van der Waals surface area (Å²) >= 11 is 0. The molecular formula is C23H32N6O9. The number of carboxylic acid groups (broad SMARTS) is 2. The van der Waals surface area contributed by atoms with Gasteiger partial charge in [-0.25, -0.2) is 24.2 Å². The van der Waals surface area contributed by atoms with E-state index in [0.29, 0.717) is 45.6 Å². The number of aliphatic carboxylic acids is 2. The number of benzene rings is 1. The lowest BCUT2D eigenvalue weighted by molar-refractivity contribution is -0.240. The van der Waals surface area contributed by atoms with Crippen LogP contribution in [0.15, 0.2) is 35.1 Å². The number of tetrazole rings is 1. The maximum atomic E-state index is 12.8. The zero-order valence-electron chi connectivity index (χ0n) is 21.5. The lowest BCUT2D eigenvalue weighted by Gasteiger charge is -2.44. The van der Waals surface area contributed by atoms with Crippen molar-refractivity contribution in [2.45, 2.75) is 51.9 Å². The van der Waals surface area contributed by atoms with Crippen molar-refractivity contribution < 1.29 is 39.0 Å². The molecule has 38 heavy (non-hydrogen) atoms. The van der Waals surface area contributed by atoms with Crippen LogP contribution in [-0.2, 0) is 48.4 Å². The number of hydrogen-bond acceptors (Lipinski definition) is 10. The number of aryl methyl sites for hydroxylation is 1. The van der Waals surface area contributed by atoms with Crippen molar-refractivity contribution in [2.24, 2.45) is 0 Å². The number of rotatable bonds is 9. The molecule has 1 aromatic carbocycles. The summed E-state index contributed by atoms with van der Waals surface area (Å²) in [6.45, 7) is 5.88. The van der Waals surface area contributed by atoms with Crippen LogP contribution < -0.4 is 5.69 Å². The van der Waals surface area contributed by atoms with Crippen LogP contribution in [0.3, 0.4) is 0 Å². The highest BCUT2D eigenvalue weighted by atomic mass is 16.7. The van der Waals surface area contributed by atoms with E-state index >= 15 is 0 Å². The summed E-state index contributed by atoms with van der Waals surface area (Å²) < 4.78 is 7.70. The third kappa shape index (κ3) is 7.69. The van der Waals surface area contributed by atoms with Crippen LogP contribution in [0.4, 0.5) is 0 Å². The minimum Gasteiger partial charge on any atom is -0.473 e. The number of carbonyl (C=O) groups is 4. The molecule has 0 aliphatic carbocycles. The number of piperidine rings is 1. The number of nitrogens with zero attached hydrogens (tertiary/aromatic N) is 6. The Balaban J connectivity index is 0.000000757. The van der Waals surface area contributed by atoms with Crippen LogP contribution in [0, 0.1) is 0 Å². The van der Waals surface area contributed by atoms with E-state index in [2.05, 4.69) is 15.3 Å². The number of hydroxylamine groups is 2.